The van der Waals surface area contributed by atoms with Crippen LogP contribution in [-0.4, -0.2) is 41.1 Å². The van der Waals surface area contributed by atoms with Crippen molar-refractivity contribution in [2.45, 2.75) is 20.3 Å². The molecule has 0 atom stereocenters. The van der Waals surface area contributed by atoms with Gasteiger partial charge in [0.25, 0.3) is 0 Å². The van der Waals surface area contributed by atoms with Gasteiger partial charge in [-0.25, -0.2) is 8.42 Å². The Balaban J connectivity index is 2.50. The summed E-state index contributed by atoms with van der Waals surface area (Å²) in [7, 11) is -1.81. The van der Waals surface area contributed by atoms with E-state index in [1.165, 1.54) is 0 Å². The van der Waals surface area contributed by atoms with E-state index in [2.05, 4.69) is 18.6 Å². The number of ether oxygens (including phenoxy) is 2. The fraction of sp³-hybridized carbons (Fsp3) is 0.600. The lowest BCUT2D eigenvalue weighted by Crippen LogP contribution is -2.21. The van der Waals surface area contributed by atoms with Gasteiger partial charge in [0.1, 0.15) is 0 Å². The first-order chi connectivity index (χ1) is 9.93. The van der Waals surface area contributed by atoms with Crippen molar-refractivity contribution in [1.29, 1.82) is 0 Å². The van der Waals surface area contributed by atoms with Gasteiger partial charge in [-0.3, -0.25) is 4.72 Å². The van der Waals surface area contributed by atoms with Gasteiger partial charge in [-0.1, -0.05) is 26.0 Å². The molecule has 6 heteroatoms. The van der Waals surface area contributed by atoms with E-state index >= 15 is 0 Å². The van der Waals surface area contributed by atoms with Crippen LogP contribution in [0.15, 0.2) is 24.3 Å². The van der Waals surface area contributed by atoms with Crippen LogP contribution in [0, 0.1) is 5.92 Å². The van der Waals surface area contributed by atoms with Gasteiger partial charge >= 0.3 is 0 Å². The minimum absolute atomic E-state index is 0.0644. The summed E-state index contributed by atoms with van der Waals surface area (Å²) in [5.74, 6) is 0.469. The Kier molecular flexibility index (Phi) is 7.71. The zero-order valence-electron chi connectivity index (χ0n) is 13.0. The summed E-state index contributed by atoms with van der Waals surface area (Å²) >= 11 is 0. The van der Waals surface area contributed by atoms with E-state index in [-0.39, 0.29) is 12.4 Å². The van der Waals surface area contributed by atoms with E-state index in [1.54, 1.807) is 13.2 Å². The van der Waals surface area contributed by atoms with E-state index in [0.29, 0.717) is 24.8 Å². The Morgan fingerprint density at radius 2 is 1.95 bits per heavy atom. The van der Waals surface area contributed by atoms with Gasteiger partial charge in [-0.15, -0.1) is 0 Å². The summed E-state index contributed by atoms with van der Waals surface area (Å²) in [4.78, 5) is 0. The molecule has 0 aliphatic carbocycles. The second kappa shape index (κ2) is 9.02. The molecule has 0 spiro atoms. The van der Waals surface area contributed by atoms with Crippen LogP contribution >= 0.6 is 0 Å². The number of anilines is 1. The van der Waals surface area contributed by atoms with Crippen molar-refractivity contribution in [2.75, 3.05) is 37.4 Å². The standard InChI is InChI=1S/C15H25NO4S/c1-13(2)11-14-5-4-6-15(12-14)16-21(17,18)10-9-20-8-7-19-3/h4-6,12-13,16H,7-11H2,1-3H3. The third-order valence-electron chi connectivity index (χ3n) is 2.77. The summed E-state index contributed by atoms with van der Waals surface area (Å²) in [6, 6.07) is 7.51. The Bertz CT molecular complexity index is 514. The molecule has 1 N–H and O–H groups in total. The van der Waals surface area contributed by atoms with Crippen LogP contribution in [-0.2, 0) is 25.9 Å². The maximum Gasteiger partial charge on any atom is 0.234 e. The molecule has 0 heterocycles. The van der Waals surface area contributed by atoms with Gasteiger partial charge < -0.3 is 9.47 Å². The smallest absolute Gasteiger partial charge is 0.234 e. The first kappa shape index (κ1) is 17.9. The second-order valence-electron chi connectivity index (χ2n) is 5.32. The molecule has 21 heavy (non-hydrogen) atoms. The minimum Gasteiger partial charge on any atom is -0.382 e. The molecular formula is C15H25NO4S. The van der Waals surface area contributed by atoms with Gasteiger partial charge in [0.2, 0.25) is 10.0 Å². The number of hydrogen-bond acceptors (Lipinski definition) is 4. The van der Waals surface area contributed by atoms with E-state index in [0.717, 1.165) is 12.0 Å². The Morgan fingerprint density at radius 1 is 1.19 bits per heavy atom. The summed E-state index contributed by atoms with van der Waals surface area (Å²) in [5.41, 5.74) is 1.73. The van der Waals surface area contributed by atoms with E-state index in [1.807, 2.05) is 18.2 Å². The predicted molar refractivity (Wildman–Crippen MR) is 85.1 cm³/mol. The Hall–Kier alpha value is -1.11. The maximum atomic E-state index is 11.9. The summed E-state index contributed by atoms with van der Waals surface area (Å²) in [5, 5.41) is 0. The van der Waals surface area contributed by atoms with Crippen molar-refractivity contribution in [3.05, 3.63) is 29.8 Å². The van der Waals surface area contributed by atoms with Crippen molar-refractivity contribution < 1.29 is 17.9 Å². The Labute approximate surface area is 127 Å². The summed E-state index contributed by atoms with van der Waals surface area (Å²) in [6.45, 7) is 5.29. The lowest BCUT2D eigenvalue weighted by Gasteiger charge is -2.11. The number of sulfonamides is 1. The SMILES string of the molecule is COCCOCCS(=O)(=O)Nc1cccc(CC(C)C)c1. The topological polar surface area (TPSA) is 64.6 Å². The Morgan fingerprint density at radius 3 is 2.62 bits per heavy atom. The predicted octanol–water partition coefficient (Wildman–Crippen LogP) is 2.29. The van der Waals surface area contributed by atoms with E-state index in [9.17, 15) is 8.42 Å². The molecule has 1 aromatic rings. The molecule has 0 bridgehead atoms. The third-order valence-corrected chi connectivity index (χ3v) is 4.02. The molecule has 0 aliphatic heterocycles. The van der Waals surface area contributed by atoms with Crippen molar-refractivity contribution in [3.63, 3.8) is 0 Å². The fourth-order valence-electron chi connectivity index (χ4n) is 1.88. The second-order valence-corrected chi connectivity index (χ2v) is 7.17. The van der Waals surface area contributed by atoms with Crippen LogP contribution in [0.1, 0.15) is 19.4 Å². The van der Waals surface area contributed by atoms with Crippen LogP contribution in [0.2, 0.25) is 0 Å². The highest BCUT2D eigenvalue weighted by Crippen LogP contribution is 2.15. The van der Waals surface area contributed by atoms with Gasteiger partial charge in [-0.05, 0) is 30.0 Å². The van der Waals surface area contributed by atoms with Crippen LogP contribution < -0.4 is 4.72 Å². The number of benzene rings is 1. The van der Waals surface area contributed by atoms with Crippen molar-refractivity contribution in [1.82, 2.24) is 0 Å². The van der Waals surface area contributed by atoms with Gasteiger partial charge in [-0.2, -0.15) is 0 Å². The number of nitrogens with one attached hydrogen (secondary N) is 1. The highest BCUT2D eigenvalue weighted by Gasteiger charge is 2.10. The molecule has 0 aromatic heterocycles. The van der Waals surface area contributed by atoms with Gasteiger partial charge in [0, 0.05) is 12.8 Å². The first-order valence-electron chi connectivity index (χ1n) is 7.09. The zero-order valence-corrected chi connectivity index (χ0v) is 13.8. The van der Waals surface area contributed by atoms with Gasteiger partial charge in [0.15, 0.2) is 0 Å². The van der Waals surface area contributed by atoms with Crippen LogP contribution in [0.3, 0.4) is 0 Å². The monoisotopic (exact) mass is 315 g/mol. The highest BCUT2D eigenvalue weighted by atomic mass is 32.2. The minimum atomic E-state index is -3.38. The summed E-state index contributed by atoms with van der Waals surface area (Å²) < 4.78 is 36.5. The number of hydrogen-bond donors (Lipinski definition) is 1. The lowest BCUT2D eigenvalue weighted by molar-refractivity contribution is 0.0785. The maximum absolute atomic E-state index is 11.9. The van der Waals surface area contributed by atoms with E-state index in [4.69, 9.17) is 9.47 Å². The zero-order chi connectivity index (χ0) is 15.7. The average molecular weight is 315 g/mol. The highest BCUT2D eigenvalue weighted by molar-refractivity contribution is 7.92. The molecule has 120 valence electrons. The van der Waals surface area contributed by atoms with Gasteiger partial charge in [0.05, 0.1) is 25.6 Å². The molecule has 0 aliphatic rings. The van der Waals surface area contributed by atoms with Crippen molar-refractivity contribution in [3.8, 4) is 0 Å². The average Bonchev–Trinajstić information content (AvgIpc) is 2.37. The summed E-state index contributed by atoms with van der Waals surface area (Å²) in [6.07, 6.45) is 0.926. The fourth-order valence-corrected chi connectivity index (χ4v) is 2.80. The van der Waals surface area contributed by atoms with Crippen molar-refractivity contribution in [2.24, 2.45) is 5.92 Å². The van der Waals surface area contributed by atoms with Crippen LogP contribution in [0.5, 0.6) is 0 Å². The van der Waals surface area contributed by atoms with Crippen LogP contribution in [0.4, 0.5) is 5.69 Å². The van der Waals surface area contributed by atoms with Crippen molar-refractivity contribution >= 4 is 15.7 Å². The molecule has 0 fully saturated rings. The quantitative estimate of drug-likeness (QED) is 0.673. The first-order valence-corrected chi connectivity index (χ1v) is 8.74. The number of rotatable bonds is 10. The van der Waals surface area contributed by atoms with E-state index < -0.39 is 10.0 Å². The molecule has 1 rings (SSSR count). The molecular weight excluding hydrogens is 290 g/mol. The molecule has 0 saturated carbocycles. The molecule has 0 amide bonds. The number of methoxy groups -OCH3 is 1. The molecule has 0 saturated heterocycles. The lowest BCUT2D eigenvalue weighted by atomic mass is 10.0. The largest absolute Gasteiger partial charge is 0.382 e. The third kappa shape index (κ3) is 8.04. The van der Waals surface area contributed by atoms with Crippen LogP contribution in [0.25, 0.3) is 0 Å². The molecule has 5 nitrogen and oxygen atoms in total. The molecule has 0 radical (unpaired) electrons. The molecule has 0 unspecified atom stereocenters. The normalized spacial score (nSPS) is 11.8. The molecule has 1 aromatic carbocycles.